The van der Waals surface area contributed by atoms with Gasteiger partial charge in [0, 0.05) is 43.5 Å². The van der Waals surface area contributed by atoms with Crippen molar-refractivity contribution in [2.75, 3.05) is 42.8 Å². The highest BCUT2D eigenvalue weighted by molar-refractivity contribution is 7.92. The van der Waals surface area contributed by atoms with Crippen LogP contribution in [0, 0.1) is 0 Å². The van der Waals surface area contributed by atoms with E-state index in [1.807, 2.05) is 57.2 Å². The zero-order valence-electron chi connectivity index (χ0n) is 24.0. The number of benzene rings is 2. The summed E-state index contributed by atoms with van der Waals surface area (Å²) < 4.78 is 41.2. The molecule has 2 aromatic heterocycles. The van der Waals surface area contributed by atoms with Gasteiger partial charge >= 0.3 is 0 Å². The molecule has 3 heterocycles. The van der Waals surface area contributed by atoms with Crippen LogP contribution in [0.3, 0.4) is 0 Å². The number of nitrogens with one attached hydrogen (secondary N) is 2. The van der Waals surface area contributed by atoms with Gasteiger partial charge in [-0.05, 0) is 51.6 Å². The molecule has 0 radical (unpaired) electrons. The van der Waals surface area contributed by atoms with Crippen LogP contribution < -0.4 is 19.1 Å². The molecule has 13 heteroatoms. The van der Waals surface area contributed by atoms with Crippen LogP contribution in [0.1, 0.15) is 26.3 Å². The van der Waals surface area contributed by atoms with E-state index in [2.05, 4.69) is 41.7 Å². The third-order valence-electron chi connectivity index (χ3n) is 6.83. The Hall–Kier alpha value is -3.87. The zero-order chi connectivity index (χ0) is 29.9. The zero-order valence-corrected chi connectivity index (χ0v) is 25.5. The van der Waals surface area contributed by atoms with Crippen molar-refractivity contribution in [2.24, 2.45) is 0 Å². The quantitative estimate of drug-likeness (QED) is 0.248. The number of nitrogens with zero attached hydrogens (tertiary/aromatic N) is 5. The smallest absolute Gasteiger partial charge is 0.267 e. The van der Waals surface area contributed by atoms with Gasteiger partial charge in [0.2, 0.25) is 11.8 Å². The van der Waals surface area contributed by atoms with Crippen LogP contribution in [0.15, 0.2) is 59.8 Å². The molecule has 4 aromatic rings. The molecule has 222 valence electrons. The topological polar surface area (TPSA) is 126 Å². The lowest BCUT2D eigenvalue weighted by Gasteiger charge is -2.34. The summed E-state index contributed by atoms with van der Waals surface area (Å²) in [5, 5.41) is 6.72. The first-order chi connectivity index (χ1) is 20.2. The van der Waals surface area contributed by atoms with Crippen molar-refractivity contribution in [1.29, 1.82) is 0 Å². The van der Waals surface area contributed by atoms with E-state index >= 15 is 0 Å². The van der Waals surface area contributed by atoms with E-state index in [1.165, 1.54) is 12.4 Å². The van der Waals surface area contributed by atoms with Crippen LogP contribution in [0.5, 0.6) is 17.4 Å². The number of anilines is 2. The number of sulfonamides is 1. The number of likely N-dealkylation sites (N-methyl/N-ethyl adjacent to an activating group) is 1. The molecule has 0 spiro atoms. The van der Waals surface area contributed by atoms with E-state index in [-0.39, 0.29) is 22.8 Å². The fourth-order valence-corrected chi connectivity index (χ4v) is 5.83. The first-order valence-corrected chi connectivity index (χ1v) is 15.6. The average Bonchev–Trinajstić information content (AvgIpc) is 3.51. The number of rotatable bonds is 10. The lowest BCUT2D eigenvalue weighted by atomic mass is 10.0. The maximum absolute atomic E-state index is 13.1. The Morgan fingerprint density at radius 3 is 2.48 bits per heavy atom. The van der Waals surface area contributed by atoms with Gasteiger partial charge in [0.05, 0.1) is 23.7 Å². The second-order valence-electron chi connectivity index (χ2n) is 10.2. The minimum Gasteiger partial charge on any atom is -0.490 e. The third-order valence-corrected chi connectivity index (χ3v) is 8.51. The lowest BCUT2D eigenvalue weighted by molar-refractivity contribution is 0.243. The SMILES string of the molecule is CCc1c(Oc2cccc(N3CCN(C)CC3)c2Cl)nc(NS(=O)(=O)c2cn[nH]c2)nc1-c1ccccc1OC(C)C. The summed E-state index contributed by atoms with van der Waals surface area (Å²) in [5.74, 6) is 1.03. The first kappa shape index (κ1) is 29.6. The van der Waals surface area contributed by atoms with Crippen LogP contribution >= 0.6 is 11.6 Å². The molecule has 0 atom stereocenters. The Balaban J connectivity index is 1.61. The molecule has 1 aliphatic rings. The van der Waals surface area contributed by atoms with Crippen LogP contribution in [0.2, 0.25) is 5.02 Å². The standard InChI is InChI=1S/C29H34ClN7O4S/c1-5-21-27(22-9-6-7-11-24(22)40-19(2)3)33-29(35-42(38,39)20-17-31-32-18-20)34-28(21)41-25-12-8-10-23(26(25)30)37-15-13-36(4)14-16-37/h6-12,17-19H,5,13-16H2,1-4H3,(H,31,32)(H,33,34,35). The van der Waals surface area contributed by atoms with Crippen LogP contribution in [0.25, 0.3) is 11.3 Å². The number of ether oxygens (including phenoxy) is 2. The van der Waals surface area contributed by atoms with E-state index in [1.54, 1.807) is 6.07 Å². The maximum atomic E-state index is 13.1. The van der Waals surface area contributed by atoms with E-state index in [4.69, 9.17) is 21.1 Å². The van der Waals surface area contributed by atoms with E-state index in [0.29, 0.717) is 39.8 Å². The normalized spacial score (nSPS) is 14.3. The Morgan fingerprint density at radius 1 is 1.05 bits per heavy atom. The number of H-pyrrole nitrogens is 1. The maximum Gasteiger partial charge on any atom is 0.267 e. The van der Waals surface area contributed by atoms with E-state index in [9.17, 15) is 8.42 Å². The Morgan fingerprint density at radius 2 is 1.79 bits per heavy atom. The third kappa shape index (κ3) is 6.45. The molecule has 5 rings (SSSR count). The molecule has 1 aliphatic heterocycles. The number of hydrogen-bond donors (Lipinski definition) is 2. The highest BCUT2D eigenvalue weighted by Gasteiger charge is 2.25. The Bertz CT molecular complexity index is 1640. The van der Waals surface area contributed by atoms with Gasteiger partial charge in [0.1, 0.15) is 21.4 Å². The molecule has 0 unspecified atom stereocenters. The molecule has 2 N–H and O–H groups in total. The second-order valence-corrected chi connectivity index (χ2v) is 12.3. The number of aromatic nitrogens is 4. The monoisotopic (exact) mass is 611 g/mol. The number of halogens is 1. The molecule has 0 amide bonds. The predicted molar refractivity (Wildman–Crippen MR) is 163 cm³/mol. The summed E-state index contributed by atoms with van der Waals surface area (Å²) in [5.41, 5.74) is 2.69. The summed E-state index contributed by atoms with van der Waals surface area (Å²) in [6.45, 7) is 9.36. The minimum absolute atomic E-state index is 0.0545. The molecule has 0 saturated carbocycles. The molecule has 2 aromatic carbocycles. The van der Waals surface area contributed by atoms with Gasteiger partial charge in [0.15, 0.2) is 0 Å². The number of aromatic amines is 1. The fraction of sp³-hybridized carbons (Fsp3) is 0.345. The van der Waals surface area contributed by atoms with Crippen LogP contribution in [-0.2, 0) is 16.4 Å². The molecule has 0 bridgehead atoms. The molecule has 11 nitrogen and oxygen atoms in total. The molecule has 42 heavy (non-hydrogen) atoms. The molecular weight excluding hydrogens is 578 g/mol. The molecule has 1 saturated heterocycles. The molecular formula is C29H34ClN7O4S. The summed E-state index contributed by atoms with van der Waals surface area (Å²) in [6.07, 6.45) is 2.88. The summed E-state index contributed by atoms with van der Waals surface area (Å²) in [6, 6.07) is 13.1. The van der Waals surface area contributed by atoms with Gasteiger partial charge in [-0.25, -0.2) is 18.1 Å². The minimum atomic E-state index is -4.03. The van der Waals surface area contributed by atoms with E-state index in [0.717, 1.165) is 31.9 Å². The Kier molecular flexibility index (Phi) is 8.85. The van der Waals surface area contributed by atoms with Crippen LogP contribution in [0.4, 0.5) is 11.6 Å². The van der Waals surface area contributed by atoms with Crippen LogP contribution in [-0.4, -0.2) is 72.8 Å². The fourth-order valence-electron chi connectivity index (χ4n) is 4.69. The molecule has 1 fully saturated rings. The van der Waals surface area contributed by atoms with Crippen molar-refractivity contribution in [2.45, 2.75) is 38.2 Å². The number of piperazine rings is 1. The van der Waals surface area contributed by atoms with E-state index < -0.39 is 10.0 Å². The van der Waals surface area contributed by atoms with Gasteiger partial charge in [-0.2, -0.15) is 10.1 Å². The van der Waals surface area contributed by atoms with Gasteiger partial charge in [-0.15, -0.1) is 0 Å². The summed E-state index contributed by atoms with van der Waals surface area (Å²) in [7, 11) is -1.94. The largest absolute Gasteiger partial charge is 0.490 e. The van der Waals surface area contributed by atoms with Gasteiger partial charge in [0.25, 0.3) is 10.0 Å². The van der Waals surface area contributed by atoms with Crippen molar-refractivity contribution in [3.63, 3.8) is 0 Å². The average molecular weight is 612 g/mol. The Labute approximate surface area is 250 Å². The van der Waals surface area contributed by atoms with Gasteiger partial charge in [-0.3, -0.25) is 5.10 Å². The first-order valence-electron chi connectivity index (χ1n) is 13.7. The number of para-hydroxylation sites is 1. The summed E-state index contributed by atoms with van der Waals surface area (Å²) in [4.78, 5) is 13.6. The predicted octanol–water partition coefficient (Wildman–Crippen LogP) is 5.21. The van der Waals surface area contributed by atoms with Crippen molar-refractivity contribution >= 4 is 33.3 Å². The second kappa shape index (κ2) is 12.6. The van der Waals surface area contributed by atoms with Gasteiger partial charge in [-0.1, -0.05) is 36.7 Å². The van der Waals surface area contributed by atoms with Crippen molar-refractivity contribution in [3.05, 3.63) is 65.4 Å². The highest BCUT2D eigenvalue weighted by atomic mass is 35.5. The van der Waals surface area contributed by atoms with Gasteiger partial charge < -0.3 is 19.3 Å². The number of hydrogen-bond acceptors (Lipinski definition) is 9. The summed E-state index contributed by atoms with van der Waals surface area (Å²) >= 11 is 6.91. The highest BCUT2D eigenvalue weighted by Crippen LogP contribution is 2.41. The van der Waals surface area contributed by atoms with Crippen molar-refractivity contribution < 1.29 is 17.9 Å². The lowest BCUT2D eigenvalue weighted by Crippen LogP contribution is -2.44. The molecule has 0 aliphatic carbocycles. The van der Waals surface area contributed by atoms with Crippen molar-refractivity contribution in [1.82, 2.24) is 25.1 Å². The van der Waals surface area contributed by atoms with Crippen molar-refractivity contribution in [3.8, 4) is 28.6 Å².